The van der Waals surface area contributed by atoms with Gasteiger partial charge < -0.3 is 15.5 Å². The molecule has 4 rings (SSSR count). The summed E-state index contributed by atoms with van der Waals surface area (Å²) in [5.74, 6) is 0. The van der Waals surface area contributed by atoms with Crippen molar-refractivity contribution < 1.29 is 10.2 Å². The average Bonchev–Trinajstić information content (AvgIpc) is 3.21. The summed E-state index contributed by atoms with van der Waals surface area (Å²) in [6, 6.07) is 3.71. The van der Waals surface area contributed by atoms with E-state index in [1.807, 2.05) is 19.1 Å². The number of benzene rings is 1. The number of fused-ring (bicyclic) bond motifs is 1. The predicted molar refractivity (Wildman–Crippen MR) is 110 cm³/mol. The number of aromatic nitrogens is 3. The summed E-state index contributed by atoms with van der Waals surface area (Å²) < 4.78 is 1.46. The zero-order valence-corrected chi connectivity index (χ0v) is 16.5. The van der Waals surface area contributed by atoms with Gasteiger partial charge in [0.2, 0.25) is 0 Å². The molecule has 3 atom stereocenters. The molecule has 0 spiro atoms. The van der Waals surface area contributed by atoms with Crippen molar-refractivity contribution in [2.24, 2.45) is 0 Å². The van der Waals surface area contributed by atoms with E-state index in [-0.39, 0.29) is 18.1 Å². The summed E-state index contributed by atoms with van der Waals surface area (Å²) >= 11 is 1.52. The Hall–Kier alpha value is -2.13. The monoisotopic (exact) mass is 400 g/mol. The lowest BCUT2D eigenvalue weighted by Crippen LogP contribution is -2.47. The predicted octanol–water partition coefficient (Wildman–Crippen LogP) is 1.69. The van der Waals surface area contributed by atoms with E-state index in [2.05, 4.69) is 15.3 Å². The van der Waals surface area contributed by atoms with Crippen molar-refractivity contribution in [1.82, 2.24) is 19.9 Å². The Morgan fingerprint density at radius 3 is 3.04 bits per heavy atom. The molecule has 0 amide bonds. The largest absolute Gasteiger partial charge is 0.392 e. The summed E-state index contributed by atoms with van der Waals surface area (Å²) in [6.07, 6.45) is 4.15. The first kappa shape index (κ1) is 19.2. The molecule has 8 heteroatoms. The molecule has 3 heterocycles. The Morgan fingerprint density at radius 1 is 1.43 bits per heavy atom. The fourth-order valence-electron chi connectivity index (χ4n) is 3.85. The van der Waals surface area contributed by atoms with E-state index in [9.17, 15) is 15.0 Å². The van der Waals surface area contributed by atoms with Gasteiger partial charge in [-0.1, -0.05) is 0 Å². The van der Waals surface area contributed by atoms with E-state index >= 15 is 0 Å². The summed E-state index contributed by atoms with van der Waals surface area (Å²) in [6.45, 7) is 2.93. The summed E-state index contributed by atoms with van der Waals surface area (Å²) in [7, 11) is 0. The normalized spacial score (nSPS) is 21.1. The number of rotatable bonds is 5. The van der Waals surface area contributed by atoms with Crippen molar-refractivity contribution in [2.75, 3.05) is 6.54 Å². The highest BCUT2D eigenvalue weighted by Gasteiger charge is 2.25. The first-order chi connectivity index (χ1) is 13.5. The van der Waals surface area contributed by atoms with Crippen LogP contribution in [0.5, 0.6) is 0 Å². The van der Waals surface area contributed by atoms with Crippen LogP contribution in [0.15, 0.2) is 35.0 Å². The average molecular weight is 401 g/mol. The van der Waals surface area contributed by atoms with Crippen LogP contribution in [-0.2, 0) is 6.54 Å². The Kier molecular flexibility index (Phi) is 5.54. The van der Waals surface area contributed by atoms with E-state index in [4.69, 9.17) is 0 Å². The number of aryl methyl sites for hydroxylation is 1. The molecule has 1 aliphatic heterocycles. The lowest BCUT2D eigenvalue weighted by atomic mass is 9.96. The molecule has 0 aliphatic carbocycles. The zero-order valence-electron chi connectivity index (χ0n) is 15.7. The van der Waals surface area contributed by atoms with Crippen LogP contribution in [-0.4, -0.2) is 49.5 Å². The van der Waals surface area contributed by atoms with E-state index in [1.54, 1.807) is 11.7 Å². The topological polar surface area (TPSA) is 100 Å². The van der Waals surface area contributed by atoms with E-state index in [1.165, 1.54) is 22.2 Å². The molecule has 0 radical (unpaired) electrons. The standard InChI is InChI=1S/C20H24N4O3S/c1-12-5-13(18-8-21-11-28-18)6-15-19(12)23-10-24(20(15)27)9-14(25)7-16-17(26)3-2-4-22-16/h5-6,8,10-11,14,16-17,22,25-26H,2-4,7,9H2,1H3/t14-,16+,17-/m0/s1. The van der Waals surface area contributed by atoms with Crippen LogP contribution in [0.3, 0.4) is 0 Å². The smallest absolute Gasteiger partial charge is 0.261 e. The molecule has 148 valence electrons. The first-order valence-corrected chi connectivity index (χ1v) is 10.4. The van der Waals surface area contributed by atoms with Crippen LogP contribution in [0.2, 0.25) is 0 Å². The molecule has 2 aromatic heterocycles. The van der Waals surface area contributed by atoms with Crippen LogP contribution in [0.25, 0.3) is 21.3 Å². The SMILES string of the molecule is Cc1cc(-c2cncs2)cc2c(=O)n(C[C@@H](O)C[C@H]3NCCC[C@@H]3O)cnc12. The molecule has 7 nitrogen and oxygen atoms in total. The fraction of sp³-hybridized carbons (Fsp3) is 0.450. The minimum atomic E-state index is -0.743. The minimum Gasteiger partial charge on any atom is -0.392 e. The molecule has 1 aromatic carbocycles. The first-order valence-electron chi connectivity index (χ1n) is 9.51. The van der Waals surface area contributed by atoms with Gasteiger partial charge >= 0.3 is 0 Å². The second kappa shape index (κ2) is 8.08. The summed E-state index contributed by atoms with van der Waals surface area (Å²) in [5.41, 5.74) is 4.14. The van der Waals surface area contributed by atoms with Crippen molar-refractivity contribution in [1.29, 1.82) is 0 Å². The van der Waals surface area contributed by atoms with E-state index in [0.29, 0.717) is 17.3 Å². The van der Waals surface area contributed by atoms with E-state index in [0.717, 1.165) is 35.4 Å². The molecule has 0 saturated carbocycles. The third kappa shape index (κ3) is 3.86. The van der Waals surface area contributed by atoms with Gasteiger partial charge in [-0.05, 0) is 56.0 Å². The van der Waals surface area contributed by atoms with Crippen LogP contribution < -0.4 is 10.9 Å². The maximum Gasteiger partial charge on any atom is 0.261 e. The fourth-order valence-corrected chi connectivity index (χ4v) is 4.46. The Balaban J connectivity index is 1.61. The Labute approximate surface area is 166 Å². The molecule has 0 bridgehead atoms. The molecule has 28 heavy (non-hydrogen) atoms. The van der Waals surface area contributed by atoms with Gasteiger partial charge in [0.15, 0.2) is 0 Å². The molecule has 0 unspecified atom stereocenters. The van der Waals surface area contributed by atoms with Gasteiger partial charge in [0.25, 0.3) is 5.56 Å². The number of hydrogen-bond donors (Lipinski definition) is 3. The van der Waals surface area contributed by atoms with Gasteiger partial charge in [0.1, 0.15) is 0 Å². The number of nitrogens with zero attached hydrogens (tertiary/aromatic N) is 3. The minimum absolute atomic E-state index is 0.145. The van der Waals surface area contributed by atoms with E-state index < -0.39 is 12.2 Å². The third-order valence-electron chi connectivity index (χ3n) is 5.32. The highest BCUT2D eigenvalue weighted by molar-refractivity contribution is 7.13. The van der Waals surface area contributed by atoms with Crippen LogP contribution in [0.4, 0.5) is 0 Å². The van der Waals surface area contributed by atoms with Crippen molar-refractivity contribution in [3.05, 3.63) is 46.1 Å². The van der Waals surface area contributed by atoms with Crippen LogP contribution in [0.1, 0.15) is 24.8 Å². The molecular weight excluding hydrogens is 376 g/mol. The van der Waals surface area contributed by atoms with Gasteiger partial charge in [0, 0.05) is 12.2 Å². The second-order valence-electron chi connectivity index (χ2n) is 7.42. The van der Waals surface area contributed by atoms with Crippen molar-refractivity contribution >= 4 is 22.2 Å². The maximum atomic E-state index is 13.0. The Bertz CT molecular complexity index is 1020. The molecular formula is C20H24N4O3S. The highest BCUT2D eigenvalue weighted by Crippen LogP contribution is 2.27. The van der Waals surface area contributed by atoms with Crippen molar-refractivity contribution in [3.63, 3.8) is 0 Å². The van der Waals surface area contributed by atoms with Crippen LogP contribution >= 0.6 is 11.3 Å². The quantitative estimate of drug-likeness (QED) is 0.603. The van der Waals surface area contributed by atoms with Gasteiger partial charge in [-0.15, -0.1) is 11.3 Å². The molecule has 3 aromatic rings. The third-order valence-corrected chi connectivity index (χ3v) is 6.14. The number of piperidine rings is 1. The molecule has 1 saturated heterocycles. The lowest BCUT2D eigenvalue weighted by Gasteiger charge is -2.30. The Morgan fingerprint density at radius 2 is 2.29 bits per heavy atom. The van der Waals surface area contributed by atoms with Gasteiger partial charge in [-0.2, -0.15) is 0 Å². The molecule has 3 N–H and O–H groups in total. The lowest BCUT2D eigenvalue weighted by molar-refractivity contribution is 0.0539. The number of aliphatic hydroxyl groups is 2. The van der Waals surface area contributed by atoms with Gasteiger partial charge in [0.05, 0.1) is 46.4 Å². The van der Waals surface area contributed by atoms with Gasteiger partial charge in [-0.25, -0.2) is 4.98 Å². The summed E-state index contributed by atoms with van der Waals surface area (Å²) in [4.78, 5) is 22.6. The van der Waals surface area contributed by atoms with Crippen molar-refractivity contribution in [2.45, 2.75) is 51.0 Å². The second-order valence-corrected chi connectivity index (χ2v) is 8.30. The number of thiazole rings is 1. The zero-order chi connectivity index (χ0) is 19.7. The molecule has 1 fully saturated rings. The van der Waals surface area contributed by atoms with Crippen LogP contribution in [0, 0.1) is 6.92 Å². The number of nitrogens with one attached hydrogen (secondary N) is 1. The van der Waals surface area contributed by atoms with Gasteiger partial charge in [-0.3, -0.25) is 14.3 Å². The summed E-state index contributed by atoms with van der Waals surface area (Å²) in [5, 5.41) is 24.3. The molecule has 1 aliphatic rings. The maximum absolute atomic E-state index is 13.0. The van der Waals surface area contributed by atoms with Crippen molar-refractivity contribution in [3.8, 4) is 10.4 Å². The number of aliphatic hydroxyl groups excluding tert-OH is 2. The highest BCUT2D eigenvalue weighted by atomic mass is 32.1. The number of hydrogen-bond acceptors (Lipinski definition) is 7.